The van der Waals surface area contributed by atoms with Crippen LogP contribution in [0.2, 0.25) is 0 Å². The smallest absolute Gasteiger partial charge is 0.349 e. The SMILES string of the molecule is O=C(NC1CC1)c1ccc(F)c(C(F)(F)F)c1. The Morgan fingerprint density at radius 3 is 2.47 bits per heavy atom. The Bertz CT molecular complexity index is 451. The molecule has 0 aromatic heterocycles. The third kappa shape index (κ3) is 2.75. The Labute approximate surface area is 94.6 Å². The molecule has 0 aliphatic heterocycles. The normalized spacial score (nSPS) is 15.8. The minimum atomic E-state index is -4.79. The molecular weight excluding hydrogens is 238 g/mol. The first-order valence-electron chi connectivity index (χ1n) is 5.05. The largest absolute Gasteiger partial charge is 0.419 e. The van der Waals surface area contributed by atoms with Gasteiger partial charge in [-0.15, -0.1) is 0 Å². The van der Waals surface area contributed by atoms with Gasteiger partial charge in [0.15, 0.2) is 0 Å². The molecule has 1 amide bonds. The zero-order valence-corrected chi connectivity index (χ0v) is 8.64. The second-order valence-electron chi connectivity index (χ2n) is 3.94. The first-order chi connectivity index (χ1) is 7.88. The molecule has 1 aliphatic rings. The Morgan fingerprint density at radius 1 is 1.29 bits per heavy atom. The number of benzene rings is 1. The van der Waals surface area contributed by atoms with Gasteiger partial charge < -0.3 is 5.32 Å². The van der Waals surface area contributed by atoms with Gasteiger partial charge in [0.2, 0.25) is 0 Å². The number of halogens is 4. The van der Waals surface area contributed by atoms with Crippen molar-refractivity contribution in [1.29, 1.82) is 0 Å². The summed E-state index contributed by atoms with van der Waals surface area (Å²) >= 11 is 0. The highest BCUT2D eigenvalue weighted by molar-refractivity contribution is 5.94. The number of amides is 1. The van der Waals surface area contributed by atoms with Gasteiger partial charge in [0.25, 0.3) is 5.91 Å². The fourth-order valence-electron chi connectivity index (χ4n) is 1.38. The third-order valence-electron chi connectivity index (χ3n) is 2.45. The van der Waals surface area contributed by atoms with E-state index in [1.165, 1.54) is 0 Å². The first kappa shape index (κ1) is 11.9. The minimum Gasteiger partial charge on any atom is -0.349 e. The van der Waals surface area contributed by atoms with Crippen LogP contribution < -0.4 is 5.32 Å². The molecule has 1 saturated carbocycles. The molecule has 0 spiro atoms. The van der Waals surface area contributed by atoms with Crippen molar-refractivity contribution in [2.75, 3.05) is 0 Å². The predicted octanol–water partition coefficient (Wildman–Crippen LogP) is 2.74. The van der Waals surface area contributed by atoms with Crippen LogP contribution in [0.3, 0.4) is 0 Å². The van der Waals surface area contributed by atoms with Crippen LogP contribution in [-0.2, 0) is 6.18 Å². The molecule has 17 heavy (non-hydrogen) atoms. The van der Waals surface area contributed by atoms with Gasteiger partial charge in [0.05, 0.1) is 5.56 Å². The van der Waals surface area contributed by atoms with Crippen molar-refractivity contribution in [2.24, 2.45) is 0 Å². The Hall–Kier alpha value is -1.59. The third-order valence-corrected chi connectivity index (χ3v) is 2.45. The lowest BCUT2D eigenvalue weighted by Crippen LogP contribution is -2.25. The van der Waals surface area contributed by atoms with E-state index < -0.39 is 23.5 Å². The number of hydrogen-bond donors (Lipinski definition) is 1. The van der Waals surface area contributed by atoms with Crippen molar-refractivity contribution in [3.8, 4) is 0 Å². The average molecular weight is 247 g/mol. The van der Waals surface area contributed by atoms with Gasteiger partial charge in [0.1, 0.15) is 5.82 Å². The first-order valence-corrected chi connectivity index (χ1v) is 5.05. The fourth-order valence-corrected chi connectivity index (χ4v) is 1.38. The van der Waals surface area contributed by atoms with Crippen molar-refractivity contribution in [2.45, 2.75) is 25.1 Å². The average Bonchev–Trinajstić information content (AvgIpc) is 3.00. The van der Waals surface area contributed by atoms with Crippen LogP contribution in [0.15, 0.2) is 18.2 Å². The van der Waals surface area contributed by atoms with Crippen molar-refractivity contribution < 1.29 is 22.4 Å². The van der Waals surface area contributed by atoms with E-state index in [1.807, 2.05) is 0 Å². The fraction of sp³-hybridized carbons (Fsp3) is 0.364. The molecule has 1 aromatic rings. The summed E-state index contributed by atoms with van der Waals surface area (Å²) in [4.78, 5) is 11.5. The zero-order valence-electron chi connectivity index (χ0n) is 8.64. The van der Waals surface area contributed by atoms with E-state index in [9.17, 15) is 22.4 Å². The summed E-state index contributed by atoms with van der Waals surface area (Å²) in [5.74, 6) is -1.97. The molecule has 2 nitrogen and oxygen atoms in total. The van der Waals surface area contributed by atoms with Crippen LogP contribution in [0.1, 0.15) is 28.8 Å². The molecular formula is C11H9F4NO. The van der Waals surface area contributed by atoms with Crippen LogP contribution in [0, 0.1) is 5.82 Å². The Balaban J connectivity index is 2.26. The van der Waals surface area contributed by atoms with E-state index in [2.05, 4.69) is 5.32 Å². The molecule has 0 heterocycles. The van der Waals surface area contributed by atoms with E-state index in [0.29, 0.717) is 12.1 Å². The molecule has 0 bridgehead atoms. The van der Waals surface area contributed by atoms with Crippen molar-refractivity contribution in [3.05, 3.63) is 35.1 Å². The topological polar surface area (TPSA) is 29.1 Å². The van der Waals surface area contributed by atoms with E-state index in [1.54, 1.807) is 0 Å². The monoisotopic (exact) mass is 247 g/mol. The molecule has 0 saturated heterocycles. The summed E-state index contributed by atoms with van der Waals surface area (Å²) in [7, 11) is 0. The lowest BCUT2D eigenvalue weighted by molar-refractivity contribution is -0.140. The molecule has 1 fully saturated rings. The number of nitrogens with one attached hydrogen (secondary N) is 1. The Morgan fingerprint density at radius 2 is 1.94 bits per heavy atom. The van der Waals surface area contributed by atoms with Gasteiger partial charge >= 0.3 is 6.18 Å². The zero-order chi connectivity index (χ0) is 12.6. The van der Waals surface area contributed by atoms with Crippen molar-refractivity contribution in [3.63, 3.8) is 0 Å². The van der Waals surface area contributed by atoms with Crippen molar-refractivity contribution >= 4 is 5.91 Å². The maximum absolute atomic E-state index is 13.0. The number of alkyl halides is 3. The molecule has 2 rings (SSSR count). The number of carbonyl (C=O) groups is 1. The second-order valence-corrected chi connectivity index (χ2v) is 3.94. The lowest BCUT2D eigenvalue weighted by Gasteiger charge is -2.10. The van der Waals surface area contributed by atoms with E-state index in [0.717, 1.165) is 18.9 Å². The summed E-state index contributed by atoms with van der Waals surface area (Å²) in [6.45, 7) is 0. The molecule has 1 aliphatic carbocycles. The van der Waals surface area contributed by atoms with Crippen LogP contribution >= 0.6 is 0 Å². The molecule has 1 N–H and O–H groups in total. The van der Waals surface area contributed by atoms with Gasteiger partial charge in [-0.3, -0.25) is 4.79 Å². The standard InChI is InChI=1S/C11H9F4NO/c12-9-4-1-6(5-8(9)11(13,14)15)10(17)16-7-2-3-7/h1,4-5,7H,2-3H2,(H,16,17). The van der Waals surface area contributed by atoms with Crippen LogP contribution in [0.25, 0.3) is 0 Å². The highest BCUT2D eigenvalue weighted by atomic mass is 19.4. The molecule has 1 aromatic carbocycles. The van der Waals surface area contributed by atoms with E-state index >= 15 is 0 Å². The van der Waals surface area contributed by atoms with Crippen LogP contribution in [0.4, 0.5) is 17.6 Å². The number of carbonyl (C=O) groups excluding carboxylic acids is 1. The van der Waals surface area contributed by atoms with Crippen LogP contribution in [-0.4, -0.2) is 11.9 Å². The van der Waals surface area contributed by atoms with Gasteiger partial charge in [-0.1, -0.05) is 0 Å². The van der Waals surface area contributed by atoms with Gasteiger partial charge in [-0.05, 0) is 31.0 Å². The number of hydrogen-bond acceptors (Lipinski definition) is 1. The highest BCUT2D eigenvalue weighted by Crippen LogP contribution is 2.32. The molecule has 0 unspecified atom stereocenters. The summed E-state index contributed by atoms with van der Waals surface area (Å²) in [6.07, 6.45) is -3.13. The molecule has 0 atom stereocenters. The minimum absolute atomic E-state index is 0.0434. The molecule has 92 valence electrons. The van der Waals surface area contributed by atoms with E-state index in [-0.39, 0.29) is 11.6 Å². The summed E-state index contributed by atoms with van der Waals surface area (Å²) in [5.41, 5.74) is -1.59. The lowest BCUT2D eigenvalue weighted by atomic mass is 10.1. The number of rotatable bonds is 2. The second kappa shape index (κ2) is 4.01. The summed E-state index contributed by atoms with van der Waals surface area (Å²) in [5, 5.41) is 2.54. The Kier molecular flexibility index (Phi) is 2.81. The quantitative estimate of drug-likeness (QED) is 0.800. The maximum atomic E-state index is 13.0. The molecule has 6 heteroatoms. The van der Waals surface area contributed by atoms with E-state index in [4.69, 9.17) is 0 Å². The summed E-state index contributed by atoms with van der Waals surface area (Å²) < 4.78 is 50.1. The highest BCUT2D eigenvalue weighted by Gasteiger charge is 2.35. The molecule has 0 radical (unpaired) electrons. The predicted molar refractivity (Wildman–Crippen MR) is 51.9 cm³/mol. The van der Waals surface area contributed by atoms with Crippen molar-refractivity contribution in [1.82, 2.24) is 5.32 Å². The maximum Gasteiger partial charge on any atom is 0.419 e. The van der Waals surface area contributed by atoms with Gasteiger partial charge in [-0.25, -0.2) is 4.39 Å². The van der Waals surface area contributed by atoms with Gasteiger partial charge in [-0.2, -0.15) is 13.2 Å². The summed E-state index contributed by atoms with van der Waals surface area (Å²) in [6, 6.07) is 2.28. The van der Waals surface area contributed by atoms with Crippen LogP contribution in [0.5, 0.6) is 0 Å². The van der Waals surface area contributed by atoms with Gasteiger partial charge in [0, 0.05) is 11.6 Å².